The standard InChI is InChI=1S/C23H28N4O3/c1-15(2)14-27-16(3)11-18(17(27)4)12-19(13-24)23(29)26-20-7-5-6-8-21(20)30-10-9-22(25)28/h5-8,11-12,15H,9-10,14H2,1-4H3,(H2,25,28)(H,26,29). The SMILES string of the molecule is Cc1cc(C=C(C#N)C(=O)Nc2ccccc2OCCC(N)=O)c(C)n1CC(C)C. The van der Waals surface area contributed by atoms with E-state index in [1.54, 1.807) is 30.3 Å². The first-order valence-corrected chi connectivity index (χ1v) is 9.83. The number of nitrogens with two attached hydrogens (primary N) is 1. The highest BCUT2D eigenvalue weighted by Crippen LogP contribution is 2.25. The van der Waals surface area contributed by atoms with Crippen LogP contribution in [0, 0.1) is 31.1 Å². The second-order valence-electron chi connectivity index (χ2n) is 7.52. The third-order valence-corrected chi connectivity index (χ3v) is 4.57. The van der Waals surface area contributed by atoms with E-state index in [1.165, 1.54) is 0 Å². The van der Waals surface area contributed by atoms with E-state index in [4.69, 9.17) is 10.5 Å². The van der Waals surface area contributed by atoms with Crippen LogP contribution in [0.2, 0.25) is 0 Å². The Morgan fingerprint density at radius 2 is 2.00 bits per heavy atom. The van der Waals surface area contributed by atoms with Gasteiger partial charge in [0.25, 0.3) is 5.91 Å². The molecule has 2 rings (SSSR count). The molecule has 0 aliphatic heterocycles. The number of carbonyl (C=O) groups is 2. The van der Waals surface area contributed by atoms with Crippen LogP contribution in [0.3, 0.4) is 0 Å². The lowest BCUT2D eigenvalue weighted by atomic mass is 10.1. The predicted octanol–water partition coefficient (Wildman–Crippen LogP) is 3.56. The van der Waals surface area contributed by atoms with Crippen LogP contribution >= 0.6 is 0 Å². The molecule has 0 fully saturated rings. The van der Waals surface area contributed by atoms with Crippen molar-refractivity contribution in [2.45, 2.75) is 40.7 Å². The third kappa shape index (κ3) is 5.98. The normalized spacial score (nSPS) is 11.3. The molecule has 7 heteroatoms. The van der Waals surface area contributed by atoms with Crippen molar-refractivity contribution in [3.05, 3.63) is 52.9 Å². The molecule has 158 valence electrons. The second-order valence-corrected chi connectivity index (χ2v) is 7.52. The lowest BCUT2D eigenvalue weighted by molar-refractivity contribution is -0.118. The minimum atomic E-state index is -0.530. The topological polar surface area (TPSA) is 110 Å². The minimum absolute atomic E-state index is 0.00765. The average Bonchev–Trinajstić information content (AvgIpc) is 2.94. The molecule has 0 unspecified atom stereocenters. The van der Waals surface area contributed by atoms with Crippen molar-refractivity contribution in [1.29, 1.82) is 5.26 Å². The van der Waals surface area contributed by atoms with Crippen molar-refractivity contribution in [2.24, 2.45) is 11.7 Å². The number of nitrogens with one attached hydrogen (secondary N) is 1. The highest BCUT2D eigenvalue weighted by Gasteiger charge is 2.15. The van der Waals surface area contributed by atoms with Crippen LogP contribution in [0.25, 0.3) is 6.08 Å². The summed E-state index contributed by atoms with van der Waals surface area (Å²) in [4.78, 5) is 23.6. The van der Waals surface area contributed by atoms with Crippen LogP contribution in [0.4, 0.5) is 5.69 Å². The molecule has 0 spiro atoms. The van der Waals surface area contributed by atoms with E-state index in [0.717, 1.165) is 23.5 Å². The monoisotopic (exact) mass is 408 g/mol. The van der Waals surface area contributed by atoms with Crippen molar-refractivity contribution >= 4 is 23.6 Å². The van der Waals surface area contributed by atoms with E-state index in [0.29, 0.717) is 17.4 Å². The van der Waals surface area contributed by atoms with Gasteiger partial charge in [0.15, 0.2) is 0 Å². The maximum Gasteiger partial charge on any atom is 0.266 e. The molecule has 2 amide bonds. The lowest BCUT2D eigenvalue weighted by Crippen LogP contribution is -2.16. The first-order chi connectivity index (χ1) is 14.2. The smallest absolute Gasteiger partial charge is 0.266 e. The number of benzene rings is 1. The fourth-order valence-electron chi connectivity index (χ4n) is 3.07. The Hall–Kier alpha value is -3.53. The van der Waals surface area contributed by atoms with Crippen molar-refractivity contribution in [3.8, 4) is 11.8 Å². The van der Waals surface area contributed by atoms with Gasteiger partial charge >= 0.3 is 0 Å². The van der Waals surface area contributed by atoms with Crippen LogP contribution in [0.15, 0.2) is 35.9 Å². The number of nitrogens with zero attached hydrogens (tertiary/aromatic N) is 2. The Balaban J connectivity index is 2.22. The van der Waals surface area contributed by atoms with Crippen molar-refractivity contribution < 1.29 is 14.3 Å². The first-order valence-electron chi connectivity index (χ1n) is 9.83. The molecule has 0 bridgehead atoms. The van der Waals surface area contributed by atoms with Crippen LogP contribution in [0.1, 0.15) is 37.2 Å². The van der Waals surface area contributed by atoms with E-state index in [-0.39, 0.29) is 18.6 Å². The van der Waals surface area contributed by atoms with Crippen molar-refractivity contribution in [2.75, 3.05) is 11.9 Å². The summed E-state index contributed by atoms with van der Waals surface area (Å²) in [7, 11) is 0. The second kappa shape index (κ2) is 10.3. The summed E-state index contributed by atoms with van der Waals surface area (Å²) in [5, 5.41) is 12.3. The van der Waals surface area contributed by atoms with Gasteiger partial charge in [-0.1, -0.05) is 26.0 Å². The molecule has 0 saturated heterocycles. The number of nitriles is 1. The lowest BCUT2D eigenvalue weighted by Gasteiger charge is -2.12. The fourth-order valence-corrected chi connectivity index (χ4v) is 3.07. The zero-order chi connectivity index (χ0) is 22.3. The Bertz CT molecular complexity index is 996. The van der Waals surface area contributed by atoms with Gasteiger partial charge in [0, 0.05) is 17.9 Å². The number of hydrogen-bond acceptors (Lipinski definition) is 4. The Morgan fingerprint density at radius 1 is 1.30 bits per heavy atom. The zero-order valence-electron chi connectivity index (χ0n) is 17.9. The maximum absolute atomic E-state index is 12.7. The number of ether oxygens (including phenoxy) is 1. The van der Waals surface area contributed by atoms with Crippen LogP contribution in [0.5, 0.6) is 5.75 Å². The number of rotatable bonds is 9. The predicted molar refractivity (Wildman–Crippen MR) is 117 cm³/mol. The molecule has 0 radical (unpaired) electrons. The van der Waals surface area contributed by atoms with Gasteiger partial charge in [-0.2, -0.15) is 5.26 Å². The summed E-state index contributed by atoms with van der Waals surface area (Å²) in [6.07, 6.45) is 1.67. The molecular formula is C23H28N4O3. The molecule has 0 aliphatic carbocycles. The molecule has 2 aromatic rings. The summed E-state index contributed by atoms with van der Waals surface area (Å²) in [5.74, 6) is -0.116. The number of aryl methyl sites for hydroxylation is 1. The number of para-hydroxylation sites is 2. The van der Waals surface area contributed by atoms with Gasteiger partial charge in [-0.3, -0.25) is 9.59 Å². The largest absolute Gasteiger partial charge is 0.491 e. The van der Waals surface area contributed by atoms with Gasteiger partial charge in [0.05, 0.1) is 18.7 Å². The number of primary amides is 1. The summed E-state index contributed by atoms with van der Waals surface area (Å²) in [6.45, 7) is 9.26. The van der Waals surface area contributed by atoms with Crippen molar-refractivity contribution in [1.82, 2.24) is 4.57 Å². The Kier molecular flexibility index (Phi) is 7.82. The summed E-state index contributed by atoms with van der Waals surface area (Å²) in [6, 6.07) is 10.8. The van der Waals surface area contributed by atoms with Gasteiger partial charge in [0.1, 0.15) is 17.4 Å². The molecule has 1 aromatic carbocycles. The number of anilines is 1. The minimum Gasteiger partial charge on any atom is -0.491 e. The van der Waals surface area contributed by atoms with Gasteiger partial charge < -0.3 is 20.4 Å². The van der Waals surface area contributed by atoms with E-state index in [1.807, 2.05) is 26.0 Å². The average molecular weight is 409 g/mol. The Morgan fingerprint density at radius 3 is 2.63 bits per heavy atom. The highest BCUT2D eigenvalue weighted by molar-refractivity contribution is 6.10. The Labute approximate surface area is 177 Å². The molecule has 1 heterocycles. The third-order valence-electron chi connectivity index (χ3n) is 4.57. The maximum atomic E-state index is 12.7. The number of amides is 2. The molecular weight excluding hydrogens is 380 g/mol. The van der Waals surface area contributed by atoms with Crippen LogP contribution in [-0.4, -0.2) is 23.0 Å². The van der Waals surface area contributed by atoms with Crippen molar-refractivity contribution in [3.63, 3.8) is 0 Å². The van der Waals surface area contributed by atoms with Crippen LogP contribution in [-0.2, 0) is 16.1 Å². The van der Waals surface area contributed by atoms with E-state index in [9.17, 15) is 14.9 Å². The zero-order valence-corrected chi connectivity index (χ0v) is 17.9. The van der Waals surface area contributed by atoms with Gasteiger partial charge in [0.2, 0.25) is 5.91 Å². The molecule has 1 aromatic heterocycles. The molecule has 0 saturated carbocycles. The summed E-state index contributed by atoms with van der Waals surface area (Å²) in [5.41, 5.74) is 8.46. The molecule has 3 N–H and O–H groups in total. The molecule has 0 atom stereocenters. The first kappa shape index (κ1) is 22.8. The fraction of sp³-hybridized carbons (Fsp3) is 0.348. The van der Waals surface area contributed by atoms with Crippen LogP contribution < -0.4 is 15.8 Å². The van der Waals surface area contributed by atoms with E-state index in [2.05, 4.69) is 23.7 Å². The van der Waals surface area contributed by atoms with E-state index < -0.39 is 11.8 Å². The highest BCUT2D eigenvalue weighted by atomic mass is 16.5. The molecule has 7 nitrogen and oxygen atoms in total. The number of carbonyl (C=O) groups excluding carboxylic acids is 2. The quantitative estimate of drug-likeness (QED) is 0.488. The van der Waals surface area contributed by atoms with E-state index >= 15 is 0 Å². The van der Waals surface area contributed by atoms with Gasteiger partial charge in [-0.15, -0.1) is 0 Å². The summed E-state index contributed by atoms with van der Waals surface area (Å²) < 4.78 is 7.72. The summed E-state index contributed by atoms with van der Waals surface area (Å²) >= 11 is 0. The van der Waals surface area contributed by atoms with Gasteiger partial charge in [-0.05, 0) is 49.6 Å². The molecule has 0 aliphatic rings. The number of aromatic nitrogens is 1. The number of hydrogen-bond donors (Lipinski definition) is 2. The van der Waals surface area contributed by atoms with Gasteiger partial charge in [-0.25, -0.2) is 0 Å². The molecule has 30 heavy (non-hydrogen) atoms.